The van der Waals surface area contributed by atoms with Crippen molar-refractivity contribution in [2.45, 2.75) is 19.8 Å². The van der Waals surface area contributed by atoms with E-state index in [4.69, 9.17) is 4.43 Å². The summed E-state index contributed by atoms with van der Waals surface area (Å²) in [5, 5.41) is 0. The summed E-state index contributed by atoms with van der Waals surface area (Å²) in [5.41, 5.74) is 1.80. The molecule has 0 atom stereocenters. The molecule has 0 saturated heterocycles. The van der Waals surface area contributed by atoms with Gasteiger partial charge in [0.25, 0.3) is 9.76 Å². The molecule has 0 saturated carbocycles. The Bertz CT molecular complexity index is 54.5. The van der Waals surface area contributed by atoms with Crippen molar-refractivity contribution in [2.75, 3.05) is 6.61 Å². The van der Waals surface area contributed by atoms with Gasteiger partial charge in [0.2, 0.25) is 0 Å². The SMILES string of the molecule is C=C[Si]OCCCC. The minimum absolute atomic E-state index is 0.489. The summed E-state index contributed by atoms with van der Waals surface area (Å²) >= 11 is 0. The van der Waals surface area contributed by atoms with Gasteiger partial charge < -0.3 is 4.43 Å². The van der Waals surface area contributed by atoms with Gasteiger partial charge in [0.1, 0.15) is 0 Å². The Hall–Kier alpha value is -0.0831. The van der Waals surface area contributed by atoms with Gasteiger partial charge in [-0.2, -0.15) is 0 Å². The van der Waals surface area contributed by atoms with E-state index >= 15 is 0 Å². The third-order valence-electron chi connectivity index (χ3n) is 0.767. The van der Waals surface area contributed by atoms with Crippen LogP contribution in [0.3, 0.4) is 0 Å². The lowest BCUT2D eigenvalue weighted by molar-refractivity contribution is 0.331. The highest BCUT2D eigenvalue weighted by Gasteiger charge is 1.82. The summed E-state index contributed by atoms with van der Waals surface area (Å²) < 4.78 is 5.13. The second-order valence-corrected chi connectivity index (χ2v) is 2.46. The Morgan fingerprint density at radius 1 is 1.75 bits per heavy atom. The van der Waals surface area contributed by atoms with E-state index in [0.717, 1.165) is 6.61 Å². The van der Waals surface area contributed by atoms with Crippen LogP contribution in [-0.4, -0.2) is 16.4 Å². The van der Waals surface area contributed by atoms with Crippen LogP contribution in [0, 0.1) is 0 Å². The van der Waals surface area contributed by atoms with Crippen LogP contribution in [-0.2, 0) is 4.43 Å². The fraction of sp³-hybridized carbons (Fsp3) is 0.667. The van der Waals surface area contributed by atoms with E-state index in [2.05, 4.69) is 13.5 Å². The first-order valence-electron chi connectivity index (χ1n) is 2.90. The van der Waals surface area contributed by atoms with Crippen LogP contribution >= 0.6 is 0 Å². The molecule has 1 nitrogen and oxygen atoms in total. The molecule has 0 rings (SSSR count). The van der Waals surface area contributed by atoms with Crippen LogP contribution in [0.15, 0.2) is 12.3 Å². The topological polar surface area (TPSA) is 9.23 Å². The van der Waals surface area contributed by atoms with Crippen LogP contribution in [0.2, 0.25) is 0 Å². The third kappa shape index (κ3) is 5.92. The van der Waals surface area contributed by atoms with Gasteiger partial charge in [0.05, 0.1) is 0 Å². The lowest BCUT2D eigenvalue weighted by Gasteiger charge is -1.94. The fourth-order valence-corrected chi connectivity index (χ4v) is 0.714. The van der Waals surface area contributed by atoms with Crippen molar-refractivity contribution in [3.63, 3.8) is 0 Å². The van der Waals surface area contributed by atoms with Gasteiger partial charge in [-0.15, -0.1) is 6.58 Å². The summed E-state index contributed by atoms with van der Waals surface area (Å²) in [6.07, 6.45) is 2.38. The van der Waals surface area contributed by atoms with Crippen molar-refractivity contribution in [3.05, 3.63) is 12.3 Å². The van der Waals surface area contributed by atoms with Crippen LogP contribution in [0.4, 0.5) is 0 Å². The van der Waals surface area contributed by atoms with Gasteiger partial charge in [0.15, 0.2) is 0 Å². The fourth-order valence-electron chi connectivity index (χ4n) is 0.334. The van der Waals surface area contributed by atoms with Crippen molar-refractivity contribution in [1.82, 2.24) is 0 Å². The molecular formula is C6H12OSi. The molecule has 8 heavy (non-hydrogen) atoms. The largest absolute Gasteiger partial charge is 0.412 e. The van der Waals surface area contributed by atoms with E-state index in [-0.39, 0.29) is 0 Å². The highest BCUT2D eigenvalue weighted by molar-refractivity contribution is 6.33. The first kappa shape index (κ1) is 7.92. The summed E-state index contributed by atoms with van der Waals surface area (Å²) in [5.74, 6) is 0. The Kier molecular flexibility index (Phi) is 6.85. The zero-order chi connectivity index (χ0) is 6.24. The third-order valence-corrected chi connectivity index (χ3v) is 1.30. The molecular weight excluding hydrogens is 116 g/mol. The number of rotatable bonds is 5. The molecule has 0 unspecified atom stereocenters. The summed E-state index contributed by atoms with van der Waals surface area (Å²) in [6, 6.07) is 0. The molecule has 0 aliphatic heterocycles. The van der Waals surface area contributed by atoms with Crippen LogP contribution in [0.1, 0.15) is 19.8 Å². The van der Waals surface area contributed by atoms with Gasteiger partial charge >= 0.3 is 0 Å². The molecule has 2 heteroatoms. The Morgan fingerprint density at radius 2 is 2.50 bits per heavy atom. The van der Waals surface area contributed by atoms with Gasteiger partial charge in [-0.25, -0.2) is 0 Å². The molecule has 46 valence electrons. The highest BCUT2D eigenvalue weighted by atomic mass is 28.2. The summed E-state index contributed by atoms with van der Waals surface area (Å²) in [6.45, 7) is 6.59. The lowest BCUT2D eigenvalue weighted by atomic mass is 10.4. The van der Waals surface area contributed by atoms with E-state index in [9.17, 15) is 0 Å². The molecule has 0 amide bonds. The van der Waals surface area contributed by atoms with E-state index in [0.29, 0.717) is 9.76 Å². The molecule has 0 fully saturated rings. The minimum Gasteiger partial charge on any atom is -0.412 e. The van der Waals surface area contributed by atoms with Crippen molar-refractivity contribution in [1.29, 1.82) is 0 Å². The zero-order valence-electron chi connectivity index (χ0n) is 5.31. The van der Waals surface area contributed by atoms with E-state index in [1.54, 1.807) is 5.70 Å². The average molecular weight is 128 g/mol. The maximum Gasteiger partial charge on any atom is 0.260 e. The predicted octanol–water partition coefficient (Wildman–Crippen LogP) is 1.57. The van der Waals surface area contributed by atoms with Crippen LogP contribution < -0.4 is 0 Å². The van der Waals surface area contributed by atoms with E-state index in [1.165, 1.54) is 12.8 Å². The van der Waals surface area contributed by atoms with Crippen LogP contribution in [0.25, 0.3) is 0 Å². The van der Waals surface area contributed by atoms with Crippen molar-refractivity contribution >= 4 is 9.76 Å². The van der Waals surface area contributed by atoms with Gasteiger partial charge in [-0.1, -0.05) is 19.0 Å². The average Bonchev–Trinajstić information content (AvgIpc) is 1.81. The Balaban J connectivity index is 2.62. The van der Waals surface area contributed by atoms with E-state index in [1.807, 2.05) is 0 Å². The molecule has 0 bridgehead atoms. The molecule has 0 spiro atoms. The molecule has 0 aliphatic rings. The molecule has 0 aliphatic carbocycles. The van der Waals surface area contributed by atoms with Gasteiger partial charge in [-0.05, 0) is 6.42 Å². The quantitative estimate of drug-likeness (QED) is 0.403. The highest BCUT2D eigenvalue weighted by Crippen LogP contribution is 1.85. The minimum atomic E-state index is 0.489. The maximum absolute atomic E-state index is 5.13. The molecule has 0 aromatic rings. The number of hydrogen-bond donors (Lipinski definition) is 0. The molecule has 0 heterocycles. The van der Waals surface area contributed by atoms with Crippen molar-refractivity contribution in [3.8, 4) is 0 Å². The summed E-state index contributed by atoms with van der Waals surface area (Å²) in [7, 11) is 0.489. The normalized spacial score (nSPS) is 9.12. The second-order valence-electron chi connectivity index (χ2n) is 1.52. The van der Waals surface area contributed by atoms with Crippen LogP contribution in [0.5, 0.6) is 0 Å². The molecule has 2 radical (unpaired) electrons. The predicted molar refractivity (Wildman–Crippen MR) is 36.8 cm³/mol. The monoisotopic (exact) mass is 128 g/mol. The Labute approximate surface area is 53.7 Å². The molecule has 0 aromatic carbocycles. The Morgan fingerprint density at radius 3 is 3.00 bits per heavy atom. The second kappa shape index (κ2) is 6.92. The number of hydrogen-bond acceptors (Lipinski definition) is 1. The van der Waals surface area contributed by atoms with Crippen molar-refractivity contribution < 1.29 is 4.43 Å². The smallest absolute Gasteiger partial charge is 0.260 e. The van der Waals surface area contributed by atoms with E-state index < -0.39 is 0 Å². The standard InChI is InChI=1S/C6H12OSi/c1-3-5-6-7-8-4-2/h4H,2-3,5-6H2,1H3. The first-order chi connectivity index (χ1) is 3.91. The van der Waals surface area contributed by atoms with Gasteiger partial charge in [-0.3, -0.25) is 0 Å². The zero-order valence-corrected chi connectivity index (χ0v) is 6.31. The molecule has 0 N–H and O–H groups in total. The first-order valence-corrected chi connectivity index (χ1v) is 3.88. The van der Waals surface area contributed by atoms with Crippen molar-refractivity contribution in [2.24, 2.45) is 0 Å². The lowest BCUT2D eigenvalue weighted by Crippen LogP contribution is -1.95. The maximum atomic E-state index is 5.13. The summed E-state index contributed by atoms with van der Waals surface area (Å²) in [4.78, 5) is 0. The number of unbranched alkanes of at least 4 members (excludes halogenated alkanes) is 1. The molecule has 0 aromatic heterocycles. The van der Waals surface area contributed by atoms with Gasteiger partial charge in [0, 0.05) is 6.61 Å².